The number of carboxylic acid groups (broad SMARTS) is 1. The summed E-state index contributed by atoms with van der Waals surface area (Å²) in [7, 11) is 0. The van der Waals surface area contributed by atoms with Gasteiger partial charge in [-0.25, -0.2) is 13.9 Å². The van der Waals surface area contributed by atoms with Crippen molar-refractivity contribution < 1.29 is 32.2 Å². The van der Waals surface area contributed by atoms with Crippen molar-refractivity contribution in [1.29, 1.82) is 0 Å². The second-order valence-electron chi connectivity index (χ2n) is 3.73. The van der Waals surface area contributed by atoms with E-state index >= 15 is 0 Å². The first-order valence-corrected chi connectivity index (χ1v) is 6.01. The molecule has 1 aromatic heterocycles. The third-order valence-corrected chi connectivity index (χ3v) is 2.67. The highest BCUT2D eigenvalue weighted by atomic mass is 79.9. The van der Waals surface area contributed by atoms with Crippen molar-refractivity contribution in [2.24, 2.45) is 0 Å². The number of hydrogen-bond acceptors (Lipinski definition) is 3. The Balaban J connectivity index is 2.45. The van der Waals surface area contributed by atoms with Gasteiger partial charge in [-0.3, -0.25) is 0 Å². The Kier molecular flexibility index (Phi) is 3.90. The van der Waals surface area contributed by atoms with Crippen LogP contribution in [0, 0.1) is 5.82 Å². The molecule has 0 aliphatic carbocycles. The summed E-state index contributed by atoms with van der Waals surface area (Å²) < 4.78 is 54.4. The van der Waals surface area contributed by atoms with Crippen LogP contribution in [0.1, 0.15) is 10.5 Å². The van der Waals surface area contributed by atoms with Gasteiger partial charge in [0.25, 0.3) is 0 Å². The first-order chi connectivity index (χ1) is 9.67. The molecular formula is C11H5BrF4N2O3. The standard InChI is InChI=1S/C11H5BrF4N2O3/c12-9-4-8(10(19)20)18(17-9)7-2-1-5(3-6(7)13)21-11(14,15)16/h1-4H,(H,19,20). The minimum atomic E-state index is -4.95. The van der Waals surface area contributed by atoms with E-state index in [1.165, 1.54) is 0 Å². The molecule has 2 aromatic rings. The SMILES string of the molecule is O=C(O)c1cc(Br)nn1-c1ccc(OC(F)(F)F)cc1F. The summed E-state index contributed by atoms with van der Waals surface area (Å²) in [5.74, 6) is -3.25. The van der Waals surface area contributed by atoms with Crippen molar-refractivity contribution in [2.75, 3.05) is 0 Å². The van der Waals surface area contributed by atoms with Gasteiger partial charge in [0.05, 0.1) is 0 Å². The molecule has 0 saturated heterocycles. The van der Waals surface area contributed by atoms with Gasteiger partial charge in [0.15, 0.2) is 11.5 Å². The van der Waals surface area contributed by atoms with Gasteiger partial charge in [0.2, 0.25) is 0 Å². The molecule has 1 N–H and O–H groups in total. The van der Waals surface area contributed by atoms with Gasteiger partial charge in [-0.05, 0) is 28.1 Å². The fourth-order valence-electron chi connectivity index (χ4n) is 1.54. The molecule has 0 radical (unpaired) electrons. The fraction of sp³-hybridized carbons (Fsp3) is 0.0909. The Morgan fingerprint density at radius 3 is 2.52 bits per heavy atom. The zero-order valence-corrected chi connectivity index (χ0v) is 11.4. The van der Waals surface area contributed by atoms with E-state index in [4.69, 9.17) is 5.11 Å². The lowest BCUT2D eigenvalue weighted by molar-refractivity contribution is -0.274. The molecule has 0 spiro atoms. The first kappa shape index (κ1) is 15.3. The van der Waals surface area contributed by atoms with Crippen LogP contribution < -0.4 is 4.74 Å². The van der Waals surface area contributed by atoms with E-state index < -0.39 is 23.9 Å². The highest BCUT2D eigenvalue weighted by Gasteiger charge is 2.31. The molecule has 0 bridgehead atoms. The molecule has 0 amide bonds. The largest absolute Gasteiger partial charge is 0.573 e. The van der Waals surface area contributed by atoms with Crippen LogP contribution in [0.3, 0.4) is 0 Å². The topological polar surface area (TPSA) is 64.3 Å². The number of rotatable bonds is 3. The number of alkyl halides is 3. The first-order valence-electron chi connectivity index (χ1n) is 5.22. The summed E-state index contributed by atoms with van der Waals surface area (Å²) in [6.45, 7) is 0. The van der Waals surface area contributed by atoms with Crippen molar-refractivity contribution in [3.05, 3.63) is 40.4 Å². The average molecular weight is 369 g/mol. The summed E-state index contributed by atoms with van der Waals surface area (Å²) in [4.78, 5) is 11.0. The summed E-state index contributed by atoms with van der Waals surface area (Å²) >= 11 is 2.94. The van der Waals surface area contributed by atoms with Crippen LogP contribution in [0.4, 0.5) is 17.6 Å². The van der Waals surface area contributed by atoms with E-state index in [0.717, 1.165) is 22.9 Å². The number of halogens is 5. The Hall–Kier alpha value is -2.10. The highest BCUT2D eigenvalue weighted by Crippen LogP contribution is 2.26. The number of carboxylic acids is 1. The van der Waals surface area contributed by atoms with Gasteiger partial charge in [0.1, 0.15) is 16.0 Å². The molecule has 2 rings (SSSR count). The normalized spacial score (nSPS) is 11.5. The van der Waals surface area contributed by atoms with Gasteiger partial charge in [-0.15, -0.1) is 13.2 Å². The Morgan fingerprint density at radius 2 is 2.00 bits per heavy atom. The number of aromatic nitrogens is 2. The molecule has 21 heavy (non-hydrogen) atoms. The maximum atomic E-state index is 13.8. The summed E-state index contributed by atoms with van der Waals surface area (Å²) in [5.41, 5.74) is -0.683. The lowest BCUT2D eigenvalue weighted by Crippen LogP contribution is -2.17. The molecule has 0 saturated carbocycles. The van der Waals surface area contributed by atoms with Crippen LogP contribution in [-0.4, -0.2) is 27.2 Å². The van der Waals surface area contributed by atoms with Crippen LogP contribution >= 0.6 is 15.9 Å². The molecule has 0 unspecified atom stereocenters. The van der Waals surface area contributed by atoms with Gasteiger partial charge >= 0.3 is 12.3 Å². The Bertz CT molecular complexity index is 699. The van der Waals surface area contributed by atoms with Gasteiger partial charge in [-0.1, -0.05) is 0 Å². The third kappa shape index (κ3) is 3.51. The van der Waals surface area contributed by atoms with Gasteiger partial charge < -0.3 is 9.84 Å². The molecular weight excluding hydrogens is 364 g/mol. The zero-order valence-electron chi connectivity index (χ0n) is 9.86. The summed E-state index contributed by atoms with van der Waals surface area (Å²) in [6, 6.07) is 3.40. The van der Waals surface area contributed by atoms with Crippen LogP contribution in [0.2, 0.25) is 0 Å². The van der Waals surface area contributed by atoms with Crippen molar-refractivity contribution in [2.45, 2.75) is 6.36 Å². The van der Waals surface area contributed by atoms with E-state index in [-0.39, 0.29) is 16.0 Å². The van der Waals surface area contributed by atoms with Crippen LogP contribution in [0.25, 0.3) is 5.69 Å². The molecule has 10 heteroatoms. The fourth-order valence-corrected chi connectivity index (χ4v) is 1.92. The third-order valence-electron chi connectivity index (χ3n) is 2.28. The predicted molar refractivity (Wildman–Crippen MR) is 64.9 cm³/mol. The van der Waals surface area contributed by atoms with Crippen molar-refractivity contribution >= 4 is 21.9 Å². The number of benzene rings is 1. The molecule has 0 fully saturated rings. The van der Waals surface area contributed by atoms with E-state index in [1.807, 2.05) is 0 Å². The second kappa shape index (κ2) is 5.35. The van der Waals surface area contributed by atoms with Crippen LogP contribution in [0.5, 0.6) is 5.75 Å². The predicted octanol–water partition coefficient (Wildman–Crippen LogP) is 3.37. The number of nitrogens with zero attached hydrogens (tertiary/aromatic N) is 2. The van der Waals surface area contributed by atoms with E-state index in [0.29, 0.717) is 6.07 Å². The maximum Gasteiger partial charge on any atom is 0.573 e. The minimum absolute atomic E-state index is 0.134. The molecule has 112 valence electrons. The average Bonchev–Trinajstić information content (AvgIpc) is 2.69. The quantitative estimate of drug-likeness (QED) is 0.843. The number of ether oxygens (including phenoxy) is 1. The molecule has 1 heterocycles. The van der Waals surface area contributed by atoms with Gasteiger partial charge in [-0.2, -0.15) is 5.10 Å². The second-order valence-corrected chi connectivity index (χ2v) is 4.54. The molecule has 5 nitrogen and oxygen atoms in total. The molecule has 0 aliphatic heterocycles. The zero-order chi connectivity index (χ0) is 15.8. The van der Waals surface area contributed by atoms with E-state index in [9.17, 15) is 22.4 Å². The van der Waals surface area contributed by atoms with Crippen molar-refractivity contribution in [1.82, 2.24) is 9.78 Å². The lowest BCUT2D eigenvalue weighted by atomic mass is 10.3. The van der Waals surface area contributed by atoms with E-state index in [2.05, 4.69) is 25.8 Å². The molecule has 0 aliphatic rings. The van der Waals surface area contributed by atoms with Crippen molar-refractivity contribution in [3.63, 3.8) is 0 Å². The molecule has 1 aromatic carbocycles. The van der Waals surface area contributed by atoms with Crippen LogP contribution in [-0.2, 0) is 0 Å². The van der Waals surface area contributed by atoms with E-state index in [1.54, 1.807) is 0 Å². The van der Waals surface area contributed by atoms with Gasteiger partial charge in [0, 0.05) is 12.1 Å². The monoisotopic (exact) mass is 368 g/mol. The number of aromatic carboxylic acids is 1. The summed E-state index contributed by atoms with van der Waals surface area (Å²) in [5, 5.41) is 12.7. The van der Waals surface area contributed by atoms with Crippen LogP contribution in [0.15, 0.2) is 28.9 Å². The maximum absolute atomic E-state index is 13.8. The highest BCUT2D eigenvalue weighted by molar-refractivity contribution is 9.10. The number of carbonyl (C=O) groups is 1. The lowest BCUT2D eigenvalue weighted by Gasteiger charge is -2.11. The molecule has 0 atom stereocenters. The minimum Gasteiger partial charge on any atom is -0.477 e. The summed E-state index contributed by atoms with van der Waals surface area (Å²) in [6.07, 6.45) is -4.95. The number of hydrogen-bond donors (Lipinski definition) is 1. The Morgan fingerprint density at radius 1 is 1.33 bits per heavy atom. The van der Waals surface area contributed by atoms with Crippen molar-refractivity contribution in [3.8, 4) is 11.4 Å². The Labute approximate surface area is 122 Å². The smallest absolute Gasteiger partial charge is 0.477 e.